The smallest absolute Gasteiger partial charge is 0.459 e. The molecule has 1 saturated heterocycles. The number of anilines is 1. The third-order valence-corrected chi connectivity index (χ3v) is 7.44. The summed E-state index contributed by atoms with van der Waals surface area (Å²) < 4.78 is 64.2. The SMILES string of the molecule is CC(C)OC(=O)[C@H](C)NP(=O)(OC[C@@]1(C(F)F)O[C@@H](n2cc(Cl)c(N)nc2=O)[C@H](O)[C@H]1O)Oc1ccccc1. The minimum Gasteiger partial charge on any atom is -0.462 e. The minimum atomic E-state index is -4.67. The lowest BCUT2D eigenvalue weighted by atomic mass is 9.96. The number of benzene rings is 1. The maximum atomic E-state index is 14.4. The largest absolute Gasteiger partial charge is 0.462 e. The van der Waals surface area contributed by atoms with Gasteiger partial charge in [-0.05, 0) is 32.9 Å². The molecule has 2 aromatic rings. The van der Waals surface area contributed by atoms with Gasteiger partial charge in [-0.2, -0.15) is 10.1 Å². The Morgan fingerprint density at radius 3 is 2.54 bits per heavy atom. The number of hydrogen-bond acceptors (Lipinski definition) is 11. The summed E-state index contributed by atoms with van der Waals surface area (Å²) in [7, 11) is -4.67. The third-order valence-electron chi connectivity index (χ3n) is 5.52. The van der Waals surface area contributed by atoms with Crippen molar-refractivity contribution in [3.8, 4) is 5.75 Å². The molecule has 0 radical (unpaired) electrons. The predicted molar refractivity (Wildman–Crippen MR) is 133 cm³/mol. The quantitative estimate of drug-likeness (QED) is 0.218. The van der Waals surface area contributed by atoms with Crippen LogP contribution in [0.25, 0.3) is 0 Å². The van der Waals surface area contributed by atoms with E-state index in [-0.39, 0.29) is 16.6 Å². The highest BCUT2D eigenvalue weighted by atomic mass is 35.5. The van der Waals surface area contributed by atoms with Crippen LogP contribution in [0.15, 0.2) is 41.3 Å². The van der Waals surface area contributed by atoms with Crippen molar-refractivity contribution in [1.82, 2.24) is 14.6 Å². The Labute approximate surface area is 226 Å². The van der Waals surface area contributed by atoms with Gasteiger partial charge in [-0.25, -0.2) is 18.1 Å². The fraction of sp³-hybridized carbons (Fsp3) is 0.500. The van der Waals surface area contributed by atoms with Crippen LogP contribution < -0.4 is 21.0 Å². The van der Waals surface area contributed by atoms with Crippen LogP contribution in [0.5, 0.6) is 5.75 Å². The maximum Gasteiger partial charge on any atom is 0.459 e. The number of rotatable bonds is 11. The summed E-state index contributed by atoms with van der Waals surface area (Å²) in [5.74, 6) is -1.21. The van der Waals surface area contributed by atoms with Gasteiger partial charge in [-0.15, -0.1) is 0 Å². The number of carbonyl (C=O) groups is 1. The Morgan fingerprint density at radius 2 is 1.95 bits per heavy atom. The maximum absolute atomic E-state index is 14.4. The van der Waals surface area contributed by atoms with Crippen LogP contribution >= 0.6 is 19.3 Å². The molecule has 1 aromatic heterocycles. The number of nitrogens with zero attached hydrogens (tertiary/aromatic N) is 2. The van der Waals surface area contributed by atoms with E-state index in [0.29, 0.717) is 4.57 Å². The van der Waals surface area contributed by atoms with Crippen molar-refractivity contribution >= 4 is 31.1 Å². The number of aliphatic hydroxyl groups excluding tert-OH is 2. The zero-order valence-electron chi connectivity index (χ0n) is 20.9. The number of nitrogens with one attached hydrogen (secondary N) is 1. The molecule has 1 unspecified atom stereocenters. The van der Waals surface area contributed by atoms with Gasteiger partial charge in [0, 0.05) is 6.20 Å². The first kappa shape index (κ1) is 30.9. The number of ether oxygens (including phenoxy) is 2. The van der Waals surface area contributed by atoms with Crippen molar-refractivity contribution in [2.75, 3.05) is 12.3 Å². The molecule has 13 nitrogen and oxygen atoms in total. The number of carbonyl (C=O) groups excluding carboxylic acids is 1. The van der Waals surface area contributed by atoms with Crippen LogP contribution in [-0.2, 0) is 23.4 Å². The van der Waals surface area contributed by atoms with Gasteiger partial charge in [-0.3, -0.25) is 13.9 Å². The highest BCUT2D eigenvalue weighted by molar-refractivity contribution is 7.52. The first-order chi connectivity index (χ1) is 18.2. The first-order valence-corrected chi connectivity index (χ1v) is 13.4. The molecule has 1 aliphatic heterocycles. The lowest BCUT2D eigenvalue weighted by Gasteiger charge is -2.32. The highest BCUT2D eigenvalue weighted by Gasteiger charge is 2.61. The second-order valence-corrected chi connectivity index (χ2v) is 11.0. The number of para-hydroxylation sites is 1. The van der Waals surface area contributed by atoms with Crippen LogP contribution in [-0.4, -0.2) is 68.7 Å². The molecular formula is C22H28ClF2N4O9P. The number of aromatic nitrogens is 2. The van der Waals surface area contributed by atoms with E-state index in [2.05, 4.69) is 10.1 Å². The monoisotopic (exact) mass is 596 g/mol. The number of nitrogens with two attached hydrogens (primary N) is 1. The Kier molecular flexibility index (Phi) is 9.70. The molecule has 6 atom stereocenters. The van der Waals surface area contributed by atoms with Crippen molar-refractivity contribution in [3.63, 3.8) is 0 Å². The van der Waals surface area contributed by atoms with E-state index in [0.717, 1.165) is 6.20 Å². The van der Waals surface area contributed by atoms with Gasteiger partial charge in [0.1, 0.15) is 29.8 Å². The van der Waals surface area contributed by atoms with Crippen LogP contribution in [0.3, 0.4) is 0 Å². The van der Waals surface area contributed by atoms with E-state index < -0.39 is 68.6 Å². The number of alkyl halides is 2. The molecule has 0 amide bonds. The predicted octanol–water partition coefficient (Wildman–Crippen LogP) is 1.87. The molecule has 17 heteroatoms. The lowest BCUT2D eigenvalue weighted by molar-refractivity contribution is -0.192. The molecule has 3 rings (SSSR count). The molecule has 5 N–H and O–H groups in total. The molecule has 0 saturated carbocycles. The normalized spacial score (nSPS) is 25.4. The van der Waals surface area contributed by atoms with Gasteiger partial charge >= 0.3 is 19.4 Å². The Morgan fingerprint density at radius 1 is 1.31 bits per heavy atom. The summed E-state index contributed by atoms with van der Waals surface area (Å²) in [5, 5.41) is 23.2. The molecular weight excluding hydrogens is 569 g/mol. The zero-order valence-corrected chi connectivity index (χ0v) is 22.6. The Bertz CT molecular complexity index is 1270. The van der Waals surface area contributed by atoms with Gasteiger partial charge in [-0.1, -0.05) is 29.8 Å². The number of halogens is 3. The van der Waals surface area contributed by atoms with Gasteiger partial charge < -0.3 is 29.9 Å². The fourth-order valence-corrected chi connectivity index (χ4v) is 5.23. The molecule has 2 heterocycles. The van der Waals surface area contributed by atoms with E-state index in [1.807, 2.05) is 0 Å². The Hall–Kier alpha value is -2.65. The van der Waals surface area contributed by atoms with Crippen molar-refractivity contribution in [1.29, 1.82) is 0 Å². The lowest BCUT2D eigenvalue weighted by Crippen LogP contribution is -2.53. The van der Waals surface area contributed by atoms with E-state index in [9.17, 15) is 33.1 Å². The van der Waals surface area contributed by atoms with Gasteiger partial charge in [0.25, 0.3) is 6.43 Å². The standard InChI is InChI=1S/C22H28ClF2N4O9P/c1-11(2)36-19(32)12(3)28-39(34,38-13-7-5-4-6-8-13)35-10-22(20(24)25)16(31)15(30)18(37-22)29-9-14(23)17(26)27-21(29)33/h4-9,11-12,15-16,18,20,30-31H,10H2,1-3H3,(H,28,34)(H2,26,27,33)/t12-,15+,16+,18+,22+,39?/m0/s1. The molecule has 39 heavy (non-hydrogen) atoms. The molecule has 1 aromatic carbocycles. The molecule has 1 fully saturated rings. The average Bonchev–Trinajstić information content (AvgIpc) is 3.11. The van der Waals surface area contributed by atoms with Crippen LogP contribution in [0.4, 0.5) is 14.6 Å². The molecule has 216 valence electrons. The number of aliphatic hydroxyl groups is 2. The molecule has 0 bridgehead atoms. The summed E-state index contributed by atoms with van der Waals surface area (Å²) in [6.07, 6.45) is -9.54. The number of nitrogen functional groups attached to an aromatic ring is 1. The van der Waals surface area contributed by atoms with E-state index in [1.165, 1.54) is 31.2 Å². The van der Waals surface area contributed by atoms with Crippen molar-refractivity contribution < 1.29 is 46.9 Å². The Balaban J connectivity index is 1.92. The summed E-state index contributed by atoms with van der Waals surface area (Å²) in [6, 6.07) is 6.19. The van der Waals surface area contributed by atoms with Crippen LogP contribution in [0.1, 0.15) is 27.0 Å². The van der Waals surface area contributed by atoms with E-state index in [1.54, 1.807) is 19.9 Å². The second kappa shape index (κ2) is 12.3. The van der Waals surface area contributed by atoms with Crippen molar-refractivity contribution in [3.05, 3.63) is 52.0 Å². The van der Waals surface area contributed by atoms with Gasteiger partial charge in [0.2, 0.25) is 0 Å². The highest BCUT2D eigenvalue weighted by Crippen LogP contribution is 2.49. The van der Waals surface area contributed by atoms with Crippen molar-refractivity contribution in [2.45, 2.75) is 63.4 Å². The zero-order chi connectivity index (χ0) is 29.1. The molecule has 0 spiro atoms. The van der Waals surface area contributed by atoms with Crippen molar-refractivity contribution in [2.24, 2.45) is 0 Å². The van der Waals surface area contributed by atoms with E-state index in [4.69, 9.17) is 35.9 Å². The number of esters is 1. The molecule has 1 aliphatic rings. The first-order valence-electron chi connectivity index (χ1n) is 11.5. The molecule has 0 aliphatic carbocycles. The topological polar surface area (TPSA) is 184 Å². The summed E-state index contributed by atoms with van der Waals surface area (Å²) >= 11 is 5.87. The second-order valence-electron chi connectivity index (χ2n) is 8.88. The minimum absolute atomic E-state index is 0.0104. The summed E-state index contributed by atoms with van der Waals surface area (Å²) in [6.45, 7) is 3.13. The van der Waals surface area contributed by atoms with Gasteiger partial charge in [0.05, 0.1) is 17.7 Å². The van der Waals surface area contributed by atoms with Gasteiger partial charge in [0.15, 0.2) is 11.8 Å². The fourth-order valence-electron chi connectivity index (χ4n) is 3.55. The van der Waals surface area contributed by atoms with Crippen LogP contribution in [0.2, 0.25) is 5.02 Å². The average molecular weight is 597 g/mol. The summed E-state index contributed by atoms with van der Waals surface area (Å²) in [5.41, 5.74) is 1.33. The third kappa shape index (κ3) is 6.92. The van der Waals surface area contributed by atoms with Crippen LogP contribution in [0, 0.1) is 0 Å². The number of hydrogen-bond donors (Lipinski definition) is 4. The summed E-state index contributed by atoms with van der Waals surface area (Å²) in [4.78, 5) is 28.0. The van der Waals surface area contributed by atoms with E-state index >= 15 is 0 Å².